The molecule has 2 rings (SSSR count). The van der Waals surface area contributed by atoms with E-state index in [1.165, 1.54) is 0 Å². The molecule has 0 fully saturated rings. The highest BCUT2D eigenvalue weighted by molar-refractivity contribution is 6.34. The predicted molar refractivity (Wildman–Crippen MR) is 73.0 cm³/mol. The predicted octanol–water partition coefficient (Wildman–Crippen LogP) is 2.82. The summed E-state index contributed by atoms with van der Waals surface area (Å²) in [6.45, 7) is 2.86. The Bertz CT molecular complexity index is 518. The average molecular weight is 285 g/mol. The number of nitrogens with one attached hydrogen (secondary N) is 1. The Morgan fingerprint density at radius 3 is 2.44 bits per heavy atom. The molecule has 1 atom stereocenters. The lowest BCUT2D eigenvalue weighted by molar-refractivity contribution is 0.568. The minimum absolute atomic E-state index is 0.0220. The number of hydrogen-bond donors (Lipinski definition) is 1. The minimum atomic E-state index is -0.0220. The third-order valence-electron chi connectivity index (χ3n) is 2.67. The summed E-state index contributed by atoms with van der Waals surface area (Å²) in [6, 6.07) is 5.49. The molecular weight excluding hydrogens is 271 g/mol. The van der Waals surface area contributed by atoms with Gasteiger partial charge in [0.15, 0.2) is 0 Å². The summed E-state index contributed by atoms with van der Waals surface area (Å²) in [6.07, 6.45) is 1.74. The summed E-state index contributed by atoms with van der Waals surface area (Å²) in [5.41, 5.74) is 1.97. The number of hydrogen-bond acceptors (Lipinski definition) is 3. The molecule has 1 aromatic carbocycles. The van der Waals surface area contributed by atoms with E-state index in [2.05, 4.69) is 15.6 Å². The van der Waals surface area contributed by atoms with Crippen molar-refractivity contribution in [2.75, 3.05) is 6.54 Å². The van der Waals surface area contributed by atoms with Crippen LogP contribution in [0.25, 0.3) is 0 Å². The van der Waals surface area contributed by atoms with Gasteiger partial charge in [0.25, 0.3) is 0 Å². The van der Waals surface area contributed by atoms with Gasteiger partial charge in [-0.3, -0.25) is 4.68 Å². The van der Waals surface area contributed by atoms with Gasteiger partial charge in [0, 0.05) is 17.1 Å². The van der Waals surface area contributed by atoms with Crippen molar-refractivity contribution in [2.24, 2.45) is 7.05 Å². The molecular formula is C12H14Cl2N4. The molecule has 4 nitrogen and oxygen atoms in total. The maximum absolute atomic E-state index is 6.05. The number of aryl methyl sites for hydroxylation is 1. The lowest BCUT2D eigenvalue weighted by Crippen LogP contribution is -2.24. The van der Waals surface area contributed by atoms with E-state index >= 15 is 0 Å². The molecule has 1 N–H and O–H groups in total. The Morgan fingerprint density at radius 2 is 1.94 bits per heavy atom. The van der Waals surface area contributed by atoms with Crippen molar-refractivity contribution in [3.05, 3.63) is 45.7 Å². The summed E-state index contributed by atoms with van der Waals surface area (Å²) in [5, 5.41) is 12.5. The van der Waals surface area contributed by atoms with Crippen LogP contribution in [0.1, 0.15) is 24.2 Å². The van der Waals surface area contributed by atoms with E-state index in [9.17, 15) is 0 Å². The topological polar surface area (TPSA) is 42.7 Å². The molecule has 1 unspecified atom stereocenters. The Labute approximate surface area is 116 Å². The molecule has 0 saturated carbocycles. The zero-order valence-electron chi connectivity index (χ0n) is 10.2. The summed E-state index contributed by atoms with van der Waals surface area (Å²) in [7, 11) is 1.86. The zero-order valence-corrected chi connectivity index (χ0v) is 11.7. The summed E-state index contributed by atoms with van der Waals surface area (Å²) in [5.74, 6) is 0. The Morgan fingerprint density at radius 1 is 1.28 bits per heavy atom. The van der Waals surface area contributed by atoms with Crippen LogP contribution in [-0.2, 0) is 7.05 Å². The van der Waals surface area contributed by atoms with E-state index < -0.39 is 0 Å². The monoisotopic (exact) mass is 284 g/mol. The van der Waals surface area contributed by atoms with Crippen LogP contribution in [0.5, 0.6) is 0 Å². The molecule has 0 spiro atoms. The van der Waals surface area contributed by atoms with Crippen LogP contribution in [0.4, 0.5) is 0 Å². The number of rotatable bonds is 4. The third kappa shape index (κ3) is 2.83. The molecule has 18 heavy (non-hydrogen) atoms. The average Bonchev–Trinajstić information content (AvgIpc) is 2.71. The van der Waals surface area contributed by atoms with Gasteiger partial charge in [0.1, 0.15) is 0 Å². The summed E-state index contributed by atoms with van der Waals surface area (Å²) in [4.78, 5) is 0. The number of nitrogens with zero attached hydrogens (tertiary/aromatic N) is 3. The van der Waals surface area contributed by atoms with Gasteiger partial charge in [0.2, 0.25) is 0 Å². The number of halogens is 2. The molecule has 6 heteroatoms. The van der Waals surface area contributed by atoms with E-state index in [0.29, 0.717) is 10.0 Å². The quantitative estimate of drug-likeness (QED) is 0.939. The van der Waals surface area contributed by atoms with Crippen LogP contribution in [0.2, 0.25) is 10.0 Å². The second kappa shape index (κ2) is 5.69. The minimum Gasteiger partial charge on any atom is -0.305 e. The van der Waals surface area contributed by atoms with Crippen molar-refractivity contribution in [1.29, 1.82) is 0 Å². The van der Waals surface area contributed by atoms with Crippen LogP contribution in [0, 0.1) is 0 Å². The first-order valence-corrected chi connectivity index (χ1v) is 6.41. The first kappa shape index (κ1) is 13.3. The third-order valence-corrected chi connectivity index (χ3v) is 3.11. The lowest BCUT2D eigenvalue weighted by Gasteiger charge is -2.18. The highest BCUT2D eigenvalue weighted by Crippen LogP contribution is 2.27. The van der Waals surface area contributed by atoms with Gasteiger partial charge in [-0.2, -0.15) is 0 Å². The van der Waals surface area contributed by atoms with Crippen LogP contribution < -0.4 is 5.32 Å². The molecule has 0 saturated heterocycles. The molecule has 0 aliphatic heterocycles. The Balaban J connectivity index is 2.44. The molecule has 0 aliphatic rings. The zero-order chi connectivity index (χ0) is 13.1. The molecule has 0 amide bonds. The molecule has 1 aromatic heterocycles. The van der Waals surface area contributed by atoms with E-state index in [4.69, 9.17) is 23.2 Å². The van der Waals surface area contributed by atoms with Crippen molar-refractivity contribution < 1.29 is 0 Å². The van der Waals surface area contributed by atoms with E-state index in [1.54, 1.807) is 16.9 Å². The van der Waals surface area contributed by atoms with Crippen molar-refractivity contribution in [1.82, 2.24) is 20.3 Å². The molecule has 0 bridgehead atoms. The van der Waals surface area contributed by atoms with Gasteiger partial charge >= 0.3 is 0 Å². The molecule has 0 aliphatic carbocycles. The smallest absolute Gasteiger partial charge is 0.0798 e. The van der Waals surface area contributed by atoms with E-state index in [-0.39, 0.29) is 6.04 Å². The maximum Gasteiger partial charge on any atom is 0.0798 e. The highest BCUT2D eigenvalue weighted by atomic mass is 35.5. The van der Waals surface area contributed by atoms with Gasteiger partial charge < -0.3 is 5.32 Å². The largest absolute Gasteiger partial charge is 0.305 e. The summed E-state index contributed by atoms with van der Waals surface area (Å²) >= 11 is 12.1. The van der Waals surface area contributed by atoms with E-state index in [0.717, 1.165) is 17.8 Å². The first-order chi connectivity index (χ1) is 8.61. The normalized spacial score (nSPS) is 12.7. The van der Waals surface area contributed by atoms with Gasteiger partial charge in [-0.05, 0) is 30.3 Å². The fraction of sp³-hybridized carbons (Fsp3) is 0.333. The fourth-order valence-corrected chi connectivity index (χ4v) is 2.44. The molecule has 1 heterocycles. The van der Waals surface area contributed by atoms with Gasteiger partial charge in [0.05, 0.1) is 17.9 Å². The fourth-order valence-electron chi connectivity index (χ4n) is 1.90. The molecule has 2 aromatic rings. The second-order valence-electron chi connectivity index (χ2n) is 3.98. The van der Waals surface area contributed by atoms with Crippen molar-refractivity contribution >= 4 is 23.2 Å². The number of aromatic nitrogens is 3. The van der Waals surface area contributed by atoms with Crippen LogP contribution in [0.3, 0.4) is 0 Å². The van der Waals surface area contributed by atoms with Crippen molar-refractivity contribution in [2.45, 2.75) is 13.0 Å². The van der Waals surface area contributed by atoms with Gasteiger partial charge in [-0.1, -0.05) is 35.3 Å². The van der Waals surface area contributed by atoms with Crippen molar-refractivity contribution in [3.8, 4) is 0 Å². The van der Waals surface area contributed by atoms with Crippen LogP contribution in [-0.4, -0.2) is 21.5 Å². The number of benzene rings is 1. The Hall–Kier alpha value is -1.10. The Kier molecular flexibility index (Phi) is 4.22. The van der Waals surface area contributed by atoms with Crippen LogP contribution >= 0.6 is 23.2 Å². The van der Waals surface area contributed by atoms with Crippen molar-refractivity contribution in [3.63, 3.8) is 0 Å². The SMILES string of the molecule is CCNC(c1cc(Cl)cc(Cl)c1)c1cnnn1C. The van der Waals surface area contributed by atoms with Gasteiger partial charge in [-0.25, -0.2) is 0 Å². The lowest BCUT2D eigenvalue weighted by atomic mass is 10.0. The first-order valence-electron chi connectivity index (χ1n) is 5.65. The second-order valence-corrected chi connectivity index (χ2v) is 4.85. The summed E-state index contributed by atoms with van der Waals surface area (Å²) < 4.78 is 1.74. The highest BCUT2D eigenvalue weighted by Gasteiger charge is 2.17. The maximum atomic E-state index is 6.05. The molecule has 0 radical (unpaired) electrons. The molecule has 96 valence electrons. The standard InChI is InChI=1S/C12H14Cl2N4/c1-3-15-12(11-7-16-17-18(11)2)8-4-9(13)6-10(14)5-8/h4-7,12,15H,3H2,1-2H3. The van der Waals surface area contributed by atoms with Gasteiger partial charge in [-0.15, -0.1) is 5.10 Å². The van der Waals surface area contributed by atoms with Crippen LogP contribution in [0.15, 0.2) is 24.4 Å². The van der Waals surface area contributed by atoms with E-state index in [1.807, 2.05) is 26.1 Å².